The quantitative estimate of drug-likeness (QED) is 0.782. The molecule has 0 atom stereocenters. The third kappa shape index (κ3) is 5.37. The summed E-state index contributed by atoms with van der Waals surface area (Å²) in [5.74, 6) is 0.134. The number of quaternary nitrogens is 1. The standard InChI is InChI=1S/C19H21F2N3OS/c20-18(21)25-17-8-6-16(7-9-17)22-19(26)24-12-10-23(11-13-24)14-15-4-2-1-3-5-15/h1-9,18H,10-14H2,(H,22,26)/p+1. The molecule has 26 heavy (non-hydrogen) atoms. The van der Waals surface area contributed by atoms with Crippen molar-refractivity contribution in [2.24, 2.45) is 0 Å². The topological polar surface area (TPSA) is 28.9 Å². The third-order valence-electron chi connectivity index (χ3n) is 4.39. The average molecular weight is 378 g/mol. The molecule has 0 bridgehead atoms. The molecule has 4 nitrogen and oxygen atoms in total. The summed E-state index contributed by atoms with van der Waals surface area (Å²) in [6.07, 6.45) is 0. The van der Waals surface area contributed by atoms with Gasteiger partial charge in [0.1, 0.15) is 12.3 Å². The largest absolute Gasteiger partial charge is 0.435 e. The molecule has 2 aromatic rings. The van der Waals surface area contributed by atoms with Crippen LogP contribution in [0.15, 0.2) is 54.6 Å². The predicted molar refractivity (Wildman–Crippen MR) is 102 cm³/mol. The fourth-order valence-electron chi connectivity index (χ4n) is 3.01. The van der Waals surface area contributed by atoms with Crippen molar-refractivity contribution in [3.05, 3.63) is 60.2 Å². The molecule has 1 aliphatic heterocycles. The highest BCUT2D eigenvalue weighted by molar-refractivity contribution is 7.80. The van der Waals surface area contributed by atoms with E-state index < -0.39 is 6.61 Å². The van der Waals surface area contributed by atoms with Gasteiger partial charge in [0, 0.05) is 11.3 Å². The summed E-state index contributed by atoms with van der Waals surface area (Å²) in [7, 11) is 0. The molecule has 7 heteroatoms. The molecule has 1 fully saturated rings. The van der Waals surface area contributed by atoms with Crippen LogP contribution in [0.3, 0.4) is 0 Å². The monoisotopic (exact) mass is 378 g/mol. The molecule has 2 N–H and O–H groups in total. The smallest absolute Gasteiger partial charge is 0.387 e. The van der Waals surface area contributed by atoms with E-state index in [9.17, 15) is 8.78 Å². The van der Waals surface area contributed by atoms with Crippen molar-refractivity contribution in [2.45, 2.75) is 13.2 Å². The number of halogens is 2. The van der Waals surface area contributed by atoms with Crippen molar-refractivity contribution in [1.82, 2.24) is 4.90 Å². The Morgan fingerprint density at radius 1 is 1.08 bits per heavy atom. The minimum absolute atomic E-state index is 0.134. The van der Waals surface area contributed by atoms with Gasteiger partial charge in [-0.05, 0) is 36.5 Å². The van der Waals surface area contributed by atoms with Crippen LogP contribution >= 0.6 is 12.2 Å². The molecule has 0 aliphatic carbocycles. The van der Waals surface area contributed by atoms with E-state index in [0.717, 1.165) is 38.4 Å². The Morgan fingerprint density at radius 2 is 1.73 bits per heavy atom. The minimum Gasteiger partial charge on any atom is -0.435 e. The van der Waals surface area contributed by atoms with Crippen LogP contribution in [0, 0.1) is 0 Å². The summed E-state index contributed by atoms with van der Waals surface area (Å²) in [6.45, 7) is 2.04. The third-order valence-corrected chi connectivity index (χ3v) is 4.75. The lowest BCUT2D eigenvalue weighted by atomic mass is 10.2. The van der Waals surface area contributed by atoms with Crippen LogP contribution in [-0.4, -0.2) is 42.8 Å². The van der Waals surface area contributed by atoms with Gasteiger partial charge >= 0.3 is 6.61 Å². The van der Waals surface area contributed by atoms with Crippen molar-refractivity contribution in [3.8, 4) is 5.75 Å². The van der Waals surface area contributed by atoms with Crippen molar-refractivity contribution in [1.29, 1.82) is 0 Å². The molecule has 3 rings (SSSR count). The number of ether oxygens (including phenoxy) is 1. The van der Waals surface area contributed by atoms with Gasteiger partial charge in [0.2, 0.25) is 0 Å². The Labute approximate surface area is 157 Å². The second-order valence-electron chi connectivity index (χ2n) is 6.23. The summed E-state index contributed by atoms with van der Waals surface area (Å²) >= 11 is 5.48. The molecule has 0 radical (unpaired) electrons. The highest BCUT2D eigenvalue weighted by Crippen LogP contribution is 2.18. The highest BCUT2D eigenvalue weighted by Gasteiger charge is 2.21. The molecule has 0 saturated carbocycles. The van der Waals surface area contributed by atoms with Crippen LogP contribution in [0.2, 0.25) is 0 Å². The second kappa shape index (κ2) is 8.91. The zero-order valence-electron chi connectivity index (χ0n) is 14.3. The minimum atomic E-state index is -2.82. The first kappa shape index (κ1) is 18.5. The van der Waals surface area contributed by atoms with E-state index in [4.69, 9.17) is 12.2 Å². The lowest BCUT2D eigenvalue weighted by Crippen LogP contribution is -3.13. The molecule has 0 spiro atoms. The Morgan fingerprint density at radius 3 is 2.35 bits per heavy atom. The first-order valence-corrected chi connectivity index (χ1v) is 8.99. The number of hydrogen-bond acceptors (Lipinski definition) is 2. The first-order chi connectivity index (χ1) is 12.6. The van der Waals surface area contributed by atoms with Crippen molar-refractivity contribution >= 4 is 23.0 Å². The lowest BCUT2D eigenvalue weighted by molar-refractivity contribution is -0.917. The first-order valence-electron chi connectivity index (χ1n) is 8.58. The lowest BCUT2D eigenvalue weighted by Gasteiger charge is -2.34. The molecule has 0 aromatic heterocycles. The summed E-state index contributed by atoms with van der Waals surface area (Å²) < 4.78 is 28.7. The van der Waals surface area contributed by atoms with Gasteiger partial charge in [0.25, 0.3) is 0 Å². The van der Waals surface area contributed by atoms with E-state index in [1.807, 2.05) is 6.07 Å². The molecule has 0 unspecified atom stereocenters. The fraction of sp³-hybridized carbons (Fsp3) is 0.316. The van der Waals surface area contributed by atoms with E-state index in [0.29, 0.717) is 5.11 Å². The Bertz CT molecular complexity index is 704. The van der Waals surface area contributed by atoms with Crippen LogP contribution in [-0.2, 0) is 6.54 Å². The number of thiocarbonyl (C=S) groups is 1. The molecule has 138 valence electrons. The van der Waals surface area contributed by atoms with Crippen LogP contribution < -0.4 is 15.0 Å². The SMILES string of the molecule is FC(F)Oc1ccc(NC(=S)N2CC[NH+](Cc3ccccc3)CC2)cc1. The van der Waals surface area contributed by atoms with E-state index in [1.54, 1.807) is 17.0 Å². The van der Waals surface area contributed by atoms with Gasteiger partial charge in [0.05, 0.1) is 26.2 Å². The average Bonchev–Trinajstić information content (AvgIpc) is 2.64. The van der Waals surface area contributed by atoms with E-state index in [1.165, 1.54) is 17.7 Å². The predicted octanol–water partition coefficient (Wildman–Crippen LogP) is 2.39. The van der Waals surface area contributed by atoms with Gasteiger partial charge in [-0.15, -0.1) is 0 Å². The van der Waals surface area contributed by atoms with E-state index >= 15 is 0 Å². The molecule has 1 aliphatic rings. The Balaban J connectivity index is 1.46. The summed E-state index contributed by atoms with van der Waals surface area (Å²) in [4.78, 5) is 3.69. The Kier molecular flexibility index (Phi) is 6.35. The molecule has 1 saturated heterocycles. The normalized spacial score (nSPS) is 15.1. The molecular formula is C19H22F2N3OS+. The summed E-state index contributed by atoms with van der Waals surface area (Å²) in [5, 5.41) is 3.82. The van der Waals surface area contributed by atoms with Crippen LogP contribution in [0.1, 0.15) is 5.56 Å². The molecular weight excluding hydrogens is 356 g/mol. The van der Waals surface area contributed by atoms with E-state index in [2.05, 4.69) is 39.2 Å². The molecule has 1 heterocycles. The van der Waals surface area contributed by atoms with Crippen molar-refractivity contribution < 1.29 is 18.4 Å². The maximum absolute atomic E-state index is 12.2. The van der Waals surface area contributed by atoms with Gasteiger partial charge in [0.15, 0.2) is 5.11 Å². The number of benzene rings is 2. The zero-order valence-corrected chi connectivity index (χ0v) is 15.1. The number of hydrogen-bond donors (Lipinski definition) is 2. The van der Waals surface area contributed by atoms with Crippen LogP contribution in [0.4, 0.5) is 14.5 Å². The van der Waals surface area contributed by atoms with Crippen LogP contribution in [0.5, 0.6) is 5.75 Å². The fourth-order valence-corrected chi connectivity index (χ4v) is 3.31. The zero-order chi connectivity index (χ0) is 18.4. The highest BCUT2D eigenvalue weighted by atomic mass is 32.1. The number of nitrogens with zero attached hydrogens (tertiary/aromatic N) is 1. The summed E-state index contributed by atoms with van der Waals surface area (Å²) in [6, 6.07) is 16.9. The van der Waals surface area contributed by atoms with Gasteiger partial charge in [-0.1, -0.05) is 30.3 Å². The number of nitrogens with one attached hydrogen (secondary N) is 2. The number of alkyl halides is 2. The number of rotatable bonds is 5. The van der Waals surface area contributed by atoms with Gasteiger partial charge in [-0.2, -0.15) is 8.78 Å². The van der Waals surface area contributed by atoms with E-state index in [-0.39, 0.29) is 5.75 Å². The molecule has 0 amide bonds. The second-order valence-corrected chi connectivity index (χ2v) is 6.62. The van der Waals surface area contributed by atoms with Crippen molar-refractivity contribution in [2.75, 3.05) is 31.5 Å². The van der Waals surface area contributed by atoms with Gasteiger partial charge < -0.3 is 19.9 Å². The molecule has 2 aromatic carbocycles. The van der Waals surface area contributed by atoms with Crippen LogP contribution in [0.25, 0.3) is 0 Å². The maximum Gasteiger partial charge on any atom is 0.387 e. The number of anilines is 1. The van der Waals surface area contributed by atoms with Gasteiger partial charge in [-0.3, -0.25) is 0 Å². The maximum atomic E-state index is 12.2. The van der Waals surface area contributed by atoms with Crippen molar-refractivity contribution in [3.63, 3.8) is 0 Å². The summed E-state index contributed by atoms with van der Waals surface area (Å²) in [5.41, 5.74) is 2.11. The Hall–Kier alpha value is -2.25. The van der Waals surface area contributed by atoms with Gasteiger partial charge in [-0.25, -0.2) is 0 Å². The number of piperazine rings is 1.